The molecule has 0 heterocycles. The molecule has 0 spiro atoms. The van der Waals surface area contributed by atoms with Gasteiger partial charge in [-0.1, -0.05) is 0 Å². The predicted octanol–water partition coefficient (Wildman–Crippen LogP) is -4.51. The fourth-order valence-electron chi connectivity index (χ4n) is 2.24. The molecule has 32 heavy (non-hydrogen) atoms. The molecule has 0 aromatic heterocycles. The summed E-state index contributed by atoms with van der Waals surface area (Å²) in [6.45, 7) is -0.628. The third kappa shape index (κ3) is 12.6. The van der Waals surface area contributed by atoms with Crippen molar-refractivity contribution >= 4 is 41.6 Å². The van der Waals surface area contributed by atoms with Crippen molar-refractivity contribution in [2.24, 2.45) is 22.2 Å². The van der Waals surface area contributed by atoms with Crippen LogP contribution in [0.1, 0.15) is 25.7 Å². The van der Waals surface area contributed by atoms with Crippen LogP contribution in [-0.2, 0) is 28.8 Å². The molecule has 3 amide bonds. The highest BCUT2D eigenvalue weighted by Crippen LogP contribution is 2.01. The summed E-state index contributed by atoms with van der Waals surface area (Å²) in [5.74, 6) is -7.40. The predicted molar refractivity (Wildman–Crippen MR) is 107 cm³/mol. The Hall–Kier alpha value is -3.95. The molecule has 0 bridgehead atoms. The molecule has 16 heteroatoms. The van der Waals surface area contributed by atoms with Crippen LogP contribution in [0, 0.1) is 0 Å². The van der Waals surface area contributed by atoms with Gasteiger partial charge in [0.25, 0.3) is 0 Å². The number of carboxylic acids is 3. The number of amides is 3. The van der Waals surface area contributed by atoms with Gasteiger partial charge in [-0.05, 0) is 12.8 Å². The van der Waals surface area contributed by atoms with E-state index in [0.29, 0.717) is 0 Å². The van der Waals surface area contributed by atoms with Crippen LogP contribution in [0.5, 0.6) is 0 Å². The van der Waals surface area contributed by atoms with E-state index in [2.05, 4.69) is 15.6 Å². The van der Waals surface area contributed by atoms with E-state index in [0.717, 1.165) is 0 Å². The van der Waals surface area contributed by atoms with Crippen molar-refractivity contribution in [2.45, 2.75) is 43.8 Å². The zero-order valence-electron chi connectivity index (χ0n) is 16.9. The number of carbonyl (C=O) groups excluding carboxylic acids is 3. The first-order valence-corrected chi connectivity index (χ1v) is 9.18. The number of aliphatic carboxylic acids is 3. The SMILES string of the molecule is NC(N)=NCCCC(NC(=O)C(CC(=O)O)NC(=O)CNC(=O)C(N)CC(=O)O)C(=O)O. The number of aliphatic imine (C=N–C) groups is 1. The fourth-order valence-corrected chi connectivity index (χ4v) is 2.24. The van der Waals surface area contributed by atoms with Crippen molar-refractivity contribution in [1.82, 2.24) is 16.0 Å². The van der Waals surface area contributed by atoms with Crippen LogP contribution in [0.4, 0.5) is 0 Å². The number of nitrogens with one attached hydrogen (secondary N) is 3. The van der Waals surface area contributed by atoms with E-state index >= 15 is 0 Å². The minimum Gasteiger partial charge on any atom is -0.481 e. The van der Waals surface area contributed by atoms with Crippen LogP contribution in [-0.4, -0.2) is 88.1 Å². The molecule has 12 N–H and O–H groups in total. The summed E-state index contributed by atoms with van der Waals surface area (Å²) in [6, 6.07) is -4.48. The maximum Gasteiger partial charge on any atom is 0.326 e. The molecule has 0 aliphatic rings. The number of rotatable bonds is 15. The molecule has 0 aromatic rings. The Morgan fingerprint density at radius 1 is 0.844 bits per heavy atom. The summed E-state index contributed by atoms with van der Waals surface area (Å²) < 4.78 is 0. The average Bonchev–Trinajstić information content (AvgIpc) is 2.66. The van der Waals surface area contributed by atoms with Crippen molar-refractivity contribution in [2.75, 3.05) is 13.1 Å². The van der Waals surface area contributed by atoms with Gasteiger partial charge in [-0.2, -0.15) is 0 Å². The fraction of sp³-hybridized carbons (Fsp3) is 0.562. The summed E-state index contributed by atoms with van der Waals surface area (Å²) >= 11 is 0. The lowest BCUT2D eigenvalue weighted by Crippen LogP contribution is -2.54. The normalized spacial score (nSPS) is 13.0. The lowest BCUT2D eigenvalue weighted by atomic mass is 10.1. The van der Waals surface area contributed by atoms with Gasteiger partial charge in [0.2, 0.25) is 17.7 Å². The van der Waals surface area contributed by atoms with Crippen LogP contribution >= 0.6 is 0 Å². The second-order valence-electron chi connectivity index (χ2n) is 6.49. The third-order valence-electron chi connectivity index (χ3n) is 3.74. The smallest absolute Gasteiger partial charge is 0.326 e. The second kappa shape index (κ2) is 14.1. The van der Waals surface area contributed by atoms with Gasteiger partial charge in [0.1, 0.15) is 12.1 Å². The standard InChI is InChI=1S/C16H27N7O9/c17-7(4-11(25)26)13(29)21-6-10(24)22-9(5-12(27)28)14(30)23-8(15(31)32)2-1-3-20-16(18)19/h7-9H,1-6,17H2,(H,21,29)(H,22,24)(H,23,30)(H,25,26)(H,27,28)(H,31,32)(H4,18,19,20). The highest BCUT2D eigenvalue weighted by molar-refractivity contribution is 5.94. The molecule has 180 valence electrons. The molecular weight excluding hydrogens is 434 g/mol. The lowest BCUT2D eigenvalue weighted by Gasteiger charge is -2.20. The Kier molecular flexibility index (Phi) is 12.4. The van der Waals surface area contributed by atoms with Gasteiger partial charge < -0.3 is 48.5 Å². The molecule has 0 rings (SSSR count). The molecule has 0 aliphatic heterocycles. The number of nitrogens with zero attached hydrogens (tertiary/aromatic N) is 1. The van der Waals surface area contributed by atoms with Crippen LogP contribution in [0.25, 0.3) is 0 Å². The Morgan fingerprint density at radius 3 is 1.94 bits per heavy atom. The first-order chi connectivity index (χ1) is 14.8. The van der Waals surface area contributed by atoms with E-state index in [-0.39, 0.29) is 25.3 Å². The zero-order valence-corrected chi connectivity index (χ0v) is 16.9. The second-order valence-corrected chi connectivity index (χ2v) is 6.49. The number of hydrogen-bond acceptors (Lipinski definition) is 8. The molecule has 0 aliphatic carbocycles. The maximum atomic E-state index is 12.3. The van der Waals surface area contributed by atoms with E-state index < -0.39 is 73.1 Å². The van der Waals surface area contributed by atoms with Gasteiger partial charge in [-0.15, -0.1) is 0 Å². The minimum absolute atomic E-state index is 0.0802. The number of nitrogens with two attached hydrogens (primary N) is 3. The molecule has 3 unspecified atom stereocenters. The van der Waals surface area contributed by atoms with E-state index in [1.165, 1.54) is 0 Å². The van der Waals surface area contributed by atoms with Crippen LogP contribution in [0.3, 0.4) is 0 Å². The summed E-state index contributed by atoms with van der Waals surface area (Å²) in [4.78, 5) is 72.5. The Balaban J connectivity index is 4.94. The highest BCUT2D eigenvalue weighted by Gasteiger charge is 2.28. The molecule has 0 aromatic carbocycles. The number of carbonyl (C=O) groups is 6. The molecular formula is C16H27N7O9. The van der Waals surface area contributed by atoms with E-state index in [1.54, 1.807) is 0 Å². The van der Waals surface area contributed by atoms with E-state index in [4.69, 9.17) is 27.4 Å². The van der Waals surface area contributed by atoms with Crippen molar-refractivity contribution in [1.29, 1.82) is 0 Å². The number of guanidine groups is 1. The Morgan fingerprint density at radius 2 is 1.44 bits per heavy atom. The lowest BCUT2D eigenvalue weighted by molar-refractivity contribution is -0.143. The molecule has 0 fully saturated rings. The summed E-state index contributed by atoms with van der Waals surface area (Å²) in [6.07, 6.45) is -1.45. The minimum atomic E-state index is -1.65. The van der Waals surface area contributed by atoms with Crippen molar-refractivity contribution < 1.29 is 44.1 Å². The third-order valence-corrected chi connectivity index (χ3v) is 3.74. The largest absolute Gasteiger partial charge is 0.481 e. The molecule has 0 saturated carbocycles. The zero-order chi connectivity index (χ0) is 24.8. The maximum absolute atomic E-state index is 12.3. The van der Waals surface area contributed by atoms with Crippen LogP contribution in [0.2, 0.25) is 0 Å². The summed E-state index contributed by atoms with van der Waals surface area (Å²) in [5.41, 5.74) is 15.6. The molecule has 0 saturated heterocycles. The molecule has 16 nitrogen and oxygen atoms in total. The first kappa shape index (κ1) is 28.0. The molecule has 3 atom stereocenters. The van der Waals surface area contributed by atoms with Gasteiger partial charge in [-0.25, -0.2) is 4.79 Å². The average molecular weight is 461 g/mol. The number of carboxylic acid groups (broad SMARTS) is 3. The van der Waals surface area contributed by atoms with E-state index in [9.17, 15) is 33.9 Å². The highest BCUT2D eigenvalue weighted by atomic mass is 16.4. The van der Waals surface area contributed by atoms with Gasteiger partial charge in [-0.3, -0.25) is 29.0 Å². The Bertz CT molecular complexity index is 752. The van der Waals surface area contributed by atoms with Gasteiger partial charge in [0.05, 0.1) is 25.4 Å². The van der Waals surface area contributed by atoms with E-state index in [1.807, 2.05) is 5.32 Å². The van der Waals surface area contributed by atoms with Gasteiger partial charge >= 0.3 is 17.9 Å². The molecule has 0 radical (unpaired) electrons. The topological polar surface area (TPSA) is 290 Å². The summed E-state index contributed by atoms with van der Waals surface area (Å²) in [7, 11) is 0. The van der Waals surface area contributed by atoms with Gasteiger partial charge in [0.15, 0.2) is 5.96 Å². The summed E-state index contributed by atoms with van der Waals surface area (Å²) in [5, 5.41) is 33.0. The first-order valence-electron chi connectivity index (χ1n) is 9.18. The number of hydrogen-bond donors (Lipinski definition) is 9. The van der Waals surface area contributed by atoms with Gasteiger partial charge in [0, 0.05) is 6.54 Å². The van der Waals surface area contributed by atoms with Crippen molar-refractivity contribution in [3.05, 3.63) is 0 Å². The quantitative estimate of drug-likeness (QED) is 0.0633. The monoisotopic (exact) mass is 461 g/mol. The van der Waals surface area contributed by atoms with Crippen molar-refractivity contribution in [3.63, 3.8) is 0 Å². The van der Waals surface area contributed by atoms with Crippen LogP contribution < -0.4 is 33.2 Å². The van der Waals surface area contributed by atoms with Crippen LogP contribution in [0.15, 0.2) is 4.99 Å². The van der Waals surface area contributed by atoms with Crippen molar-refractivity contribution in [3.8, 4) is 0 Å². The Labute approximate surface area is 181 Å².